The van der Waals surface area contributed by atoms with Crippen LogP contribution in [0.3, 0.4) is 0 Å². The summed E-state index contributed by atoms with van der Waals surface area (Å²) in [6.45, 7) is 8.21. The Morgan fingerprint density at radius 2 is 2.00 bits per heavy atom. The van der Waals surface area contributed by atoms with E-state index in [1.165, 1.54) is 0 Å². The second kappa shape index (κ2) is 3.42. The summed E-state index contributed by atoms with van der Waals surface area (Å²) in [4.78, 5) is 8.47. The fourth-order valence-corrected chi connectivity index (χ4v) is 1.01. The van der Waals surface area contributed by atoms with Gasteiger partial charge in [-0.05, 0) is 18.4 Å². The molecule has 1 aromatic heterocycles. The molecule has 0 aliphatic carbocycles. The Labute approximate surface area is 79.4 Å². The lowest BCUT2D eigenvalue weighted by Crippen LogP contribution is -2.28. The molecule has 13 heavy (non-hydrogen) atoms. The average Bonchev–Trinajstić information content (AvgIpc) is 2.01. The van der Waals surface area contributed by atoms with Gasteiger partial charge in [0.05, 0.1) is 6.04 Å². The summed E-state index contributed by atoms with van der Waals surface area (Å²) in [6.07, 6.45) is 1.75. The Morgan fingerprint density at radius 1 is 1.38 bits per heavy atom. The van der Waals surface area contributed by atoms with Gasteiger partial charge in [-0.15, -0.1) is 0 Å². The van der Waals surface area contributed by atoms with Crippen LogP contribution in [0.4, 0.5) is 0 Å². The molecule has 1 unspecified atom stereocenters. The molecular formula is C10H17N3. The topological polar surface area (TPSA) is 51.8 Å². The summed E-state index contributed by atoms with van der Waals surface area (Å²) >= 11 is 0. The van der Waals surface area contributed by atoms with Gasteiger partial charge in [-0.1, -0.05) is 20.8 Å². The molecule has 0 aliphatic rings. The number of hydrogen-bond donors (Lipinski definition) is 1. The molecule has 0 saturated carbocycles. The molecule has 72 valence electrons. The number of nitrogens with two attached hydrogens (primary N) is 1. The first-order valence-electron chi connectivity index (χ1n) is 4.46. The van der Waals surface area contributed by atoms with Crippen LogP contribution in [0.25, 0.3) is 0 Å². The lowest BCUT2D eigenvalue weighted by molar-refractivity contribution is 0.315. The van der Waals surface area contributed by atoms with Crippen LogP contribution in [0.2, 0.25) is 0 Å². The molecule has 0 radical (unpaired) electrons. The van der Waals surface area contributed by atoms with E-state index in [0.29, 0.717) is 0 Å². The van der Waals surface area contributed by atoms with E-state index in [1.54, 1.807) is 6.20 Å². The number of hydrogen-bond acceptors (Lipinski definition) is 3. The van der Waals surface area contributed by atoms with E-state index in [-0.39, 0.29) is 11.5 Å². The van der Waals surface area contributed by atoms with E-state index in [1.807, 2.05) is 13.0 Å². The number of nitrogens with zero attached hydrogens (tertiary/aromatic N) is 2. The molecule has 3 heteroatoms. The van der Waals surface area contributed by atoms with Gasteiger partial charge >= 0.3 is 0 Å². The Bertz CT molecular complexity index is 288. The minimum atomic E-state index is -0.104. The highest BCUT2D eigenvalue weighted by atomic mass is 14.9. The van der Waals surface area contributed by atoms with Gasteiger partial charge < -0.3 is 5.73 Å². The molecule has 2 N–H and O–H groups in total. The SMILES string of the molecule is Cc1ccnc(C(N)C(C)(C)C)n1. The van der Waals surface area contributed by atoms with Gasteiger partial charge in [-0.25, -0.2) is 9.97 Å². The van der Waals surface area contributed by atoms with Crippen LogP contribution in [0.15, 0.2) is 12.3 Å². The second-order valence-corrected chi connectivity index (χ2v) is 4.40. The molecule has 3 nitrogen and oxygen atoms in total. The van der Waals surface area contributed by atoms with Gasteiger partial charge in [-0.3, -0.25) is 0 Å². The molecular weight excluding hydrogens is 162 g/mol. The van der Waals surface area contributed by atoms with Crippen molar-refractivity contribution < 1.29 is 0 Å². The molecule has 0 fully saturated rings. The Kier molecular flexibility index (Phi) is 2.66. The average molecular weight is 179 g/mol. The van der Waals surface area contributed by atoms with Crippen molar-refractivity contribution in [2.75, 3.05) is 0 Å². The van der Waals surface area contributed by atoms with Crippen LogP contribution in [0, 0.1) is 12.3 Å². The van der Waals surface area contributed by atoms with Crippen LogP contribution in [-0.2, 0) is 0 Å². The van der Waals surface area contributed by atoms with Crippen molar-refractivity contribution in [3.05, 3.63) is 23.8 Å². The molecule has 1 rings (SSSR count). The van der Waals surface area contributed by atoms with Gasteiger partial charge in [0, 0.05) is 11.9 Å². The van der Waals surface area contributed by atoms with Crippen molar-refractivity contribution in [1.82, 2.24) is 9.97 Å². The lowest BCUT2D eigenvalue weighted by Gasteiger charge is -2.25. The van der Waals surface area contributed by atoms with E-state index in [9.17, 15) is 0 Å². The van der Waals surface area contributed by atoms with Gasteiger partial charge in [0.2, 0.25) is 0 Å². The standard InChI is InChI=1S/C10H17N3/c1-7-5-6-12-9(13-7)8(11)10(2,3)4/h5-6,8H,11H2,1-4H3. The maximum atomic E-state index is 6.02. The molecule has 1 aromatic rings. The predicted octanol–water partition coefficient (Wildman–Crippen LogP) is 1.83. The fourth-order valence-electron chi connectivity index (χ4n) is 1.01. The zero-order valence-corrected chi connectivity index (χ0v) is 8.70. The molecule has 0 amide bonds. The molecule has 1 heterocycles. The van der Waals surface area contributed by atoms with Gasteiger partial charge in [-0.2, -0.15) is 0 Å². The van der Waals surface area contributed by atoms with Crippen molar-refractivity contribution >= 4 is 0 Å². The van der Waals surface area contributed by atoms with E-state index in [4.69, 9.17) is 5.73 Å². The summed E-state index contributed by atoms with van der Waals surface area (Å²) in [5, 5.41) is 0. The highest BCUT2D eigenvalue weighted by Crippen LogP contribution is 2.27. The smallest absolute Gasteiger partial charge is 0.145 e. The normalized spacial score (nSPS) is 14.2. The summed E-state index contributed by atoms with van der Waals surface area (Å²) in [7, 11) is 0. The second-order valence-electron chi connectivity index (χ2n) is 4.40. The van der Waals surface area contributed by atoms with Crippen molar-refractivity contribution in [2.45, 2.75) is 33.7 Å². The first-order valence-corrected chi connectivity index (χ1v) is 4.46. The molecule has 0 aromatic carbocycles. The molecule has 1 atom stereocenters. The van der Waals surface area contributed by atoms with E-state index in [2.05, 4.69) is 30.7 Å². The third-order valence-electron chi connectivity index (χ3n) is 2.02. The summed E-state index contributed by atoms with van der Waals surface area (Å²) in [6, 6.07) is 1.77. The summed E-state index contributed by atoms with van der Waals surface area (Å²) < 4.78 is 0. The van der Waals surface area contributed by atoms with Crippen molar-refractivity contribution in [3.63, 3.8) is 0 Å². The molecule has 0 saturated heterocycles. The van der Waals surface area contributed by atoms with E-state index in [0.717, 1.165) is 11.5 Å². The van der Waals surface area contributed by atoms with Gasteiger partial charge in [0.25, 0.3) is 0 Å². The van der Waals surface area contributed by atoms with Crippen molar-refractivity contribution in [1.29, 1.82) is 0 Å². The van der Waals surface area contributed by atoms with Crippen molar-refractivity contribution in [2.24, 2.45) is 11.1 Å². The Morgan fingerprint density at radius 3 is 2.46 bits per heavy atom. The van der Waals surface area contributed by atoms with E-state index < -0.39 is 0 Å². The zero-order valence-electron chi connectivity index (χ0n) is 8.70. The minimum Gasteiger partial charge on any atom is -0.321 e. The lowest BCUT2D eigenvalue weighted by atomic mass is 9.87. The third-order valence-corrected chi connectivity index (χ3v) is 2.02. The monoisotopic (exact) mass is 179 g/mol. The first kappa shape index (κ1) is 10.1. The number of rotatable bonds is 1. The van der Waals surface area contributed by atoms with Crippen LogP contribution < -0.4 is 5.73 Å². The largest absolute Gasteiger partial charge is 0.321 e. The minimum absolute atomic E-state index is 0.00773. The summed E-state index contributed by atoms with van der Waals surface area (Å²) in [5.74, 6) is 0.729. The number of aryl methyl sites for hydroxylation is 1. The Balaban J connectivity index is 2.96. The fraction of sp³-hybridized carbons (Fsp3) is 0.600. The van der Waals surface area contributed by atoms with Crippen LogP contribution in [-0.4, -0.2) is 9.97 Å². The maximum absolute atomic E-state index is 6.02. The molecule has 0 spiro atoms. The predicted molar refractivity (Wildman–Crippen MR) is 53.2 cm³/mol. The molecule has 0 bridgehead atoms. The quantitative estimate of drug-likeness (QED) is 0.715. The first-order chi connectivity index (χ1) is 5.91. The van der Waals surface area contributed by atoms with Gasteiger partial charge in [0.15, 0.2) is 0 Å². The number of aromatic nitrogens is 2. The van der Waals surface area contributed by atoms with E-state index >= 15 is 0 Å². The van der Waals surface area contributed by atoms with Crippen molar-refractivity contribution in [3.8, 4) is 0 Å². The van der Waals surface area contributed by atoms with Gasteiger partial charge in [0.1, 0.15) is 5.82 Å². The van der Waals surface area contributed by atoms with Crippen LogP contribution in [0.5, 0.6) is 0 Å². The van der Waals surface area contributed by atoms with Crippen LogP contribution in [0.1, 0.15) is 38.3 Å². The summed E-state index contributed by atoms with van der Waals surface area (Å²) in [5.41, 5.74) is 6.99. The molecule has 0 aliphatic heterocycles. The maximum Gasteiger partial charge on any atom is 0.145 e. The highest BCUT2D eigenvalue weighted by molar-refractivity contribution is 5.04. The highest BCUT2D eigenvalue weighted by Gasteiger charge is 2.24. The van der Waals surface area contributed by atoms with Crippen LogP contribution >= 0.6 is 0 Å². The Hall–Kier alpha value is -0.960. The zero-order chi connectivity index (χ0) is 10.1. The third kappa shape index (κ3) is 2.49.